The molecule has 5 aromatic rings. The maximum absolute atomic E-state index is 13.6. The molecule has 0 saturated carbocycles. The van der Waals surface area contributed by atoms with Gasteiger partial charge in [-0.25, -0.2) is 0 Å². The fourth-order valence-electron chi connectivity index (χ4n) is 5.38. The summed E-state index contributed by atoms with van der Waals surface area (Å²) in [7, 11) is -2.76. The number of fused-ring (bicyclic) bond motifs is 1. The summed E-state index contributed by atoms with van der Waals surface area (Å²) >= 11 is 0. The average Bonchev–Trinajstić information content (AvgIpc) is 3.06. The first-order chi connectivity index (χ1) is 21.7. The van der Waals surface area contributed by atoms with Crippen molar-refractivity contribution in [1.29, 1.82) is 0 Å². The Labute approximate surface area is 260 Å². The van der Waals surface area contributed by atoms with Gasteiger partial charge in [0.2, 0.25) is 17.1 Å². The van der Waals surface area contributed by atoms with E-state index < -0.39 is 21.3 Å². The lowest BCUT2D eigenvalue weighted by molar-refractivity contribution is -0.114. The SMILES string of the molecule is COc1ccccc1N1CCN(c2ccc(-c3oc4ccccc4c(=O)c3OS(=O)(=O)c3ccc(NC(C)=O)cc3)cc2)CC1. The highest BCUT2D eigenvalue weighted by Crippen LogP contribution is 2.35. The van der Waals surface area contributed by atoms with Crippen LogP contribution < -0.4 is 29.5 Å². The standard InChI is InChI=1S/C34H31N3O7S/c1-23(38)35-25-13-17-27(18-14-25)45(40,41)44-34-32(39)28-7-3-5-9-30(28)43-33(34)24-11-15-26(16-12-24)36-19-21-37(22-20-36)29-8-4-6-10-31(29)42-2/h3-18H,19-22H2,1-2H3,(H,35,38). The third-order valence-electron chi connectivity index (χ3n) is 7.61. The molecular weight excluding hydrogens is 594 g/mol. The molecule has 0 atom stereocenters. The minimum Gasteiger partial charge on any atom is -0.495 e. The van der Waals surface area contributed by atoms with E-state index in [0.717, 1.165) is 43.3 Å². The summed E-state index contributed by atoms with van der Waals surface area (Å²) in [5.74, 6) is 0.123. The number of nitrogens with zero attached hydrogens (tertiary/aromatic N) is 2. The van der Waals surface area contributed by atoms with Crippen LogP contribution in [-0.4, -0.2) is 47.6 Å². The van der Waals surface area contributed by atoms with Crippen molar-refractivity contribution in [2.75, 3.05) is 48.4 Å². The number of rotatable bonds is 8. The topological polar surface area (TPSA) is 118 Å². The molecule has 0 aliphatic carbocycles. The Morgan fingerprint density at radius 3 is 2.16 bits per heavy atom. The first kappa shape index (κ1) is 29.8. The lowest BCUT2D eigenvalue weighted by Gasteiger charge is -2.37. The number of nitrogens with one attached hydrogen (secondary N) is 1. The molecule has 45 heavy (non-hydrogen) atoms. The van der Waals surface area contributed by atoms with Crippen LogP contribution in [0.2, 0.25) is 0 Å². The van der Waals surface area contributed by atoms with Gasteiger partial charge in [-0.15, -0.1) is 0 Å². The second kappa shape index (κ2) is 12.4. The van der Waals surface area contributed by atoms with E-state index in [0.29, 0.717) is 16.8 Å². The Morgan fingerprint density at radius 2 is 1.47 bits per heavy atom. The van der Waals surface area contributed by atoms with Crippen molar-refractivity contribution < 1.29 is 26.5 Å². The van der Waals surface area contributed by atoms with Gasteiger partial charge in [0.15, 0.2) is 5.76 Å². The number of ether oxygens (including phenoxy) is 1. The first-order valence-corrected chi connectivity index (χ1v) is 15.8. The minimum absolute atomic E-state index is 0.00434. The Bertz CT molecular complexity index is 2020. The Morgan fingerprint density at radius 1 is 0.822 bits per heavy atom. The average molecular weight is 626 g/mol. The summed E-state index contributed by atoms with van der Waals surface area (Å²) in [5, 5.41) is 2.78. The summed E-state index contributed by atoms with van der Waals surface area (Å²) in [5.41, 5.74) is 2.65. The van der Waals surface area contributed by atoms with Gasteiger partial charge in [0.25, 0.3) is 0 Å². The molecule has 1 aliphatic rings. The highest BCUT2D eigenvalue weighted by atomic mass is 32.2. The monoisotopic (exact) mass is 625 g/mol. The van der Waals surface area contributed by atoms with Gasteiger partial charge in [0, 0.05) is 50.0 Å². The number of benzene rings is 4. The number of hydrogen-bond donors (Lipinski definition) is 1. The summed E-state index contributed by atoms with van der Waals surface area (Å²) in [4.78, 5) is 29.3. The highest BCUT2D eigenvalue weighted by molar-refractivity contribution is 7.87. The second-order valence-corrected chi connectivity index (χ2v) is 12.1. The van der Waals surface area contributed by atoms with E-state index in [1.165, 1.54) is 31.2 Å². The van der Waals surface area contributed by atoms with Gasteiger partial charge in [-0.2, -0.15) is 8.42 Å². The molecule has 0 bridgehead atoms. The zero-order valence-electron chi connectivity index (χ0n) is 24.7. The summed E-state index contributed by atoms with van der Waals surface area (Å²) in [6, 6.07) is 27.5. The fraction of sp³-hybridized carbons (Fsp3) is 0.176. The van der Waals surface area contributed by atoms with Crippen LogP contribution in [0.3, 0.4) is 0 Å². The molecule has 1 fully saturated rings. The van der Waals surface area contributed by atoms with Gasteiger partial charge in [0.1, 0.15) is 16.2 Å². The molecule has 1 aromatic heterocycles. The predicted octanol–water partition coefficient (Wildman–Crippen LogP) is 5.52. The lowest BCUT2D eigenvalue weighted by Crippen LogP contribution is -2.46. The van der Waals surface area contributed by atoms with E-state index in [9.17, 15) is 18.0 Å². The van der Waals surface area contributed by atoms with E-state index >= 15 is 0 Å². The Balaban J connectivity index is 1.28. The third-order valence-corrected chi connectivity index (χ3v) is 8.85. The molecule has 4 aromatic carbocycles. The zero-order valence-corrected chi connectivity index (χ0v) is 25.5. The van der Waals surface area contributed by atoms with Crippen molar-refractivity contribution in [3.8, 4) is 22.8 Å². The van der Waals surface area contributed by atoms with Crippen LogP contribution in [-0.2, 0) is 14.9 Å². The molecule has 1 saturated heterocycles. The molecule has 230 valence electrons. The van der Waals surface area contributed by atoms with Gasteiger partial charge >= 0.3 is 10.1 Å². The molecular formula is C34H31N3O7S. The van der Waals surface area contributed by atoms with E-state index in [4.69, 9.17) is 13.3 Å². The number of amides is 1. The van der Waals surface area contributed by atoms with Crippen LogP contribution in [0.4, 0.5) is 17.1 Å². The van der Waals surface area contributed by atoms with E-state index in [1.807, 2.05) is 30.3 Å². The molecule has 1 amide bonds. The van der Waals surface area contributed by atoms with Gasteiger partial charge < -0.3 is 28.5 Å². The first-order valence-electron chi connectivity index (χ1n) is 14.3. The van der Waals surface area contributed by atoms with Crippen LogP contribution in [0.15, 0.2) is 111 Å². The number of anilines is 3. The molecule has 6 rings (SSSR count). The van der Waals surface area contributed by atoms with Crippen LogP contribution >= 0.6 is 0 Å². The quantitative estimate of drug-likeness (QED) is 0.222. The van der Waals surface area contributed by atoms with E-state index in [2.05, 4.69) is 21.2 Å². The maximum atomic E-state index is 13.6. The van der Waals surface area contributed by atoms with Gasteiger partial charge in [0.05, 0.1) is 18.2 Å². The van der Waals surface area contributed by atoms with Crippen LogP contribution in [0.25, 0.3) is 22.3 Å². The maximum Gasteiger partial charge on any atom is 0.339 e. The molecule has 1 N–H and O–H groups in total. The third kappa shape index (κ3) is 6.20. The van der Waals surface area contributed by atoms with Gasteiger partial charge in [-0.3, -0.25) is 9.59 Å². The Hall–Kier alpha value is -5.29. The molecule has 1 aliphatic heterocycles. The largest absolute Gasteiger partial charge is 0.495 e. The Kier molecular flexibility index (Phi) is 8.18. The smallest absolute Gasteiger partial charge is 0.339 e. The van der Waals surface area contributed by atoms with Crippen molar-refractivity contribution in [3.05, 3.63) is 107 Å². The van der Waals surface area contributed by atoms with Gasteiger partial charge in [-0.05, 0) is 72.8 Å². The summed E-state index contributed by atoms with van der Waals surface area (Å²) < 4.78 is 43.8. The van der Waals surface area contributed by atoms with Crippen LogP contribution in [0.1, 0.15) is 6.92 Å². The van der Waals surface area contributed by atoms with E-state index in [-0.39, 0.29) is 21.9 Å². The molecule has 2 heterocycles. The van der Waals surface area contributed by atoms with Gasteiger partial charge in [-0.1, -0.05) is 24.3 Å². The van der Waals surface area contributed by atoms with Crippen molar-refractivity contribution in [1.82, 2.24) is 0 Å². The zero-order chi connectivity index (χ0) is 31.6. The number of carbonyl (C=O) groups excluding carboxylic acids is 1. The van der Waals surface area contributed by atoms with Crippen molar-refractivity contribution in [3.63, 3.8) is 0 Å². The normalized spacial score (nSPS) is 13.5. The number of methoxy groups -OCH3 is 1. The van der Waals surface area contributed by atoms with Crippen molar-refractivity contribution in [2.45, 2.75) is 11.8 Å². The molecule has 11 heteroatoms. The van der Waals surface area contributed by atoms with E-state index in [1.54, 1.807) is 43.5 Å². The molecule has 10 nitrogen and oxygen atoms in total. The van der Waals surface area contributed by atoms with Crippen molar-refractivity contribution in [2.24, 2.45) is 0 Å². The van der Waals surface area contributed by atoms with Crippen LogP contribution in [0, 0.1) is 0 Å². The fourth-order valence-corrected chi connectivity index (χ4v) is 6.31. The minimum atomic E-state index is -4.43. The van der Waals surface area contributed by atoms with Crippen LogP contribution in [0.5, 0.6) is 11.5 Å². The molecule has 0 unspecified atom stereocenters. The number of hydrogen-bond acceptors (Lipinski definition) is 9. The highest BCUT2D eigenvalue weighted by Gasteiger charge is 2.26. The molecule has 0 radical (unpaired) electrons. The summed E-state index contributed by atoms with van der Waals surface area (Å²) in [6.45, 7) is 4.54. The van der Waals surface area contributed by atoms with Crippen molar-refractivity contribution >= 4 is 44.1 Å². The second-order valence-electron chi connectivity index (χ2n) is 10.5. The number of carbonyl (C=O) groups is 1. The molecule has 0 spiro atoms. The lowest BCUT2D eigenvalue weighted by atomic mass is 10.1. The number of para-hydroxylation sites is 3. The predicted molar refractivity (Wildman–Crippen MR) is 174 cm³/mol. The number of piperazine rings is 1. The summed E-state index contributed by atoms with van der Waals surface area (Å²) in [6.07, 6.45) is 0.